The van der Waals surface area contributed by atoms with Crippen LogP contribution in [-0.4, -0.2) is 41.3 Å². The number of nitrogens with one attached hydrogen (secondary N) is 1. The Kier molecular flexibility index (Phi) is 5.11. The van der Waals surface area contributed by atoms with E-state index in [9.17, 15) is 9.59 Å². The molecule has 1 aliphatic heterocycles. The Labute approximate surface area is 123 Å². The van der Waals surface area contributed by atoms with Crippen LogP contribution in [0.1, 0.15) is 30.5 Å². The molecule has 6 heteroatoms. The van der Waals surface area contributed by atoms with Crippen molar-refractivity contribution < 1.29 is 9.59 Å². The average molecular weight is 295 g/mol. The second-order valence-electron chi connectivity index (χ2n) is 5.15. The molecular formula is C14H21N3O2S. The number of amides is 2. The van der Waals surface area contributed by atoms with E-state index in [2.05, 4.69) is 10.3 Å². The van der Waals surface area contributed by atoms with E-state index in [4.69, 9.17) is 0 Å². The highest BCUT2D eigenvalue weighted by Gasteiger charge is 2.30. The van der Waals surface area contributed by atoms with Crippen LogP contribution in [0.3, 0.4) is 0 Å². The maximum atomic E-state index is 12.2. The summed E-state index contributed by atoms with van der Waals surface area (Å²) in [6, 6.07) is 0. The molecule has 1 fully saturated rings. The van der Waals surface area contributed by atoms with Crippen LogP contribution < -0.4 is 5.32 Å². The Balaban J connectivity index is 1.82. The molecule has 1 aromatic rings. The van der Waals surface area contributed by atoms with Crippen molar-refractivity contribution in [2.45, 2.75) is 33.1 Å². The number of nitrogens with zero attached hydrogens (tertiary/aromatic N) is 2. The summed E-state index contributed by atoms with van der Waals surface area (Å²) in [5.74, 6) is 0.0930. The van der Waals surface area contributed by atoms with Crippen molar-refractivity contribution in [3.05, 3.63) is 16.1 Å². The van der Waals surface area contributed by atoms with Gasteiger partial charge in [-0.1, -0.05) is 6.92 Å². The van der Waals surface area contributed by atoms with Crippen LogP contribution in [-0.2, 0) is 16.0 Å². The Morgan fingerprint density at radius 3 is 3.00 bits per heavy atom. The molecule has 1 atom stereocenters. The first-order chi connectivity index (χ1) is 9.60. The van der Waals surface area contributed by atoms with Gasteiger partial charge in [0.15, 0.2) is 0 Å². The lowest BCUT2D eigenvalue weighted by Crippen LogP contribution is -2.35. The fourth-order valence-corrected chi connectivity index (χ4v) is 2.96. The minimum absolute atomic E-state index is 0.0531. The van der Waals surface area contributed by atoms with Crippen LogP contribution in [0.2, 0.25) is 0 Å². The van der Waals surface area contributed by atoms with Crippen molar-refractivity contribution >= 4 is 23.2 Å². The molecule has 0 bridgehead atoms. The molecule has 0 spiro atoms. The fraction of sp³-hybridized carbons (Fsp3) is 0.643. The second kappa shape index (κ2) is 6.83. The molecule has 20 heavy (non-hydrogen) atoms. The lowest BCUT2D eigenvalue weighted by atomic mass is 10.1. The first kappa shape index (κ1) is 15.0. The van der Waals surface area contributed by atoms with Crippen LogP contribution in [0, 0.1) is 12.8 Å². The van der Waals surface area contributed by atoms with E-state index < -0.39 is 0 Å². The van der Waals surface area contributed by atoms with E-state index >= 15 is 0 Å². The van der Waals surface area contributed by atoms with Gasteiger partial charge in [-0.2, -0.15) is 0 Å². The molecule has 110 valence electrons. The molecule has 0 aliphatic carbocycles. The van der Waals surface area contributed by atoms with Gasteiger partial charge in [-0.15, -0.1) is 11.3 Å². The highest BCUT2D eigenvalue weighted by Crippen LogP contribution is 2.18. The predicted octanol–water partition coefficient (Wildman–Crippen LogP) is 1.37. The Bertz CT molecular complexity index is 487. The molecule has 0 unspecified atom stereocenters. The van der Waals surface area contributed by atoms with Gasteiger partial charge in [0.1, 0.15) is 0 Å². The van der Waals surface area contributed by atoms with Crippen molar-refractivity contribution in [3.63, 3.8) is 0 Å². The van der Waals surface area contributed by atoms with E-state index in [1.807, 2.05) is 19.2 Å². The third-order valence-electron chi connectivity index (χ3n) is 3.46. The van der Waals surface area contributed by atoms with E-state index in [0.717, 1.165) is 23.5 Å². The highest BCUT2D eigenvalue weighted by molar-refractivity contribution is 7.09. The average Bonchev–Trinajstić information content (AvgIpc) is 3.05. The molecule has 2 rings (SSSR count). The van der Waals surface area contributed by atoms with Crippen LogP contribution >= 0.6 is 11.3 Å². The smallest absolute Gasteiger partial charge is 0.228 e. The number of carbonyl (C=O) groups excluding carboxylic acids is 2. The Hall–Kier alpha value is -1.43. The summed E-state index contributed by atoms with van der Waals surface area (Å²) in [6.45, 7) is 5.88. The Morgan fingerprint density at radius 1 is 1.55 bits per heavy atom. The topological polar surface area (TPSA) is 62.3 Å². The summed E-state index contributed by atoms with van der Waals surface area (Å²) in [5.41, 5.74) is 0.830. The van der Waals surface area contributed by atoms with Crippen molar-refractivity contribution in [1.82, 2.24) is 15.2 Å². The zero-order chi connectivity index (χ0) is 14.5. The van der Waals surface area contributed by atoms with Gasteiger partial charge in [-0.25, -0.2) is 4.98 Å². The lowest BCUT2D eigenvalue weighted by molar-refractivity contribution is -0.130. The van der Waals surface area contributed by atoms with E-state index in [0.29, 0.717) is 26.1 Å². The number of hydrogen-bond donors (Lipinski definition) is 1. The molecule has 0 aromatic carbocycles. The van der Waals surface area contributed by atoms with Gasteiger partial charge in [0.05, 0.1) is 23.0 Å². The van der Waals surface area contributed by atoms with Crippen molar-refractivity contribution in [3.8, 4) is 0 Å². The summed E-state index contributed by atoms with van der Waals surface area (Å²) < 4.78 is 0. The standard InChI is InChI=1S/C14H21N3O2S/c1-3-5-15-14(19)11-4-6-17(8-11)13(18)7-12-9-20-10(2)16-12/h9,11H,3-8H2,1-2H3,(H,15,19)/t11-/m0/s1. The monoisotopic (exact) mass is 295 g/mol. The highest BCUT2D eigenvalue weighted by atomic mass is 32.1. The number of aromatic nitrogens is 1. The zero-order valence-electron chi connectivity index (χ0n) is 12.0. The predicted molar refractivity (Wildman–Crippen MR) is 78.5 cm³/mol. The number of aryl methyl sites for hydroxylation is 1. The van der Waals surface area contributed by atoms with Gasteiger partial charge in [0, 0.05) is 25.0 Å². The maximum absolute atomic E-state index is 12.2. The van der Waals surface area contributed by atoms with E-state index in [1.54, 1.807) is 16.2 Å². The summed E-state index contributed by atoms with van der Waals surface area (Å²) in [6.07, 6.45) is 2.04. The summed E-state index contributed by atoms with van der Waals surface area (Å²) in [7, 11) is 0. The summed E-state index contributed by atoms with van der Waals surface area (Å²) >= 11 is 1.56. The molecule has 2 heterocycles. The molecule has 1 aliphatic rings. The maximum Gasteiger partial charge on any atom is 0.228 e. The Morgan fingerprint density at radius 2 is 2.35 bits per heavy atom. The van der Waals surface area contributed by atoms with Crippen LogP contribution in [0.15, 0.2) is 5.38 Å². The SMILES string of the molecule is CCCNC(=O)[C@H]1CCN(C(=O)Cc2csc(C)n2)C1. The zero-order valence-corrected chi connectivity index (χ0v) is 12.8. The number of rotatable bonds is 5. The van der Waals surface area contributed by atoms with Crippen molar-refractivity contribution in [2.24, 2.45) is 5.92 Å². The van der Waals surface area contributed by atoms with Crippen molar-refractivity contribution in [2.75, 3.05) is 19.6 Å². The molecule has 2 amide bonds. The first-order valence-corrected chi connectivity index (χ1v) is 7.94. The van der Waals surface area contributed by atoms with Crippen LogP contribution in [0.25, 0.3) is 0 Å². The second-order valence-corrected chi connectivity index (χ2v) is 6.21. The molecule has 1 N–H and O–H groups in total. The number of hydrogen-bond acceptors (Lipinski definition) is 4. The van der Waals surface area contributed by atoms with Crippen molar-refractivity contribution in [1.29, 1.82) is 0 Å². The van der Waals surface area contributed by atoms with Gasteiger partial charge in [0.25, 0.3) is 0 Å². The summed E-state index contributed by atoms with van der Waals surface area (Å²) in [4.78, 5) is 30.1. The largest absolute Gasteiger partial charge is 0.356 e. The lowest BCUT2D eigenvalue weighted by Gasteiger charge is -2.15. The normalized spacial score (nSPS) is 18.3. The van der Waals surface area contributed by atoms with Crippen LogP contribution in [0.4, 0.5) is 0 Å². The minimum atomic E-state index is -0.0531. The van der Waals surface area contributed by atoms with Gasteiger partial charge in [0.2, 0.25) is 11.8 Å². The molecule has 0 radical (unpaired) electrons. The number of likely N-dealkylation sites (tertiary alicyclic amines) is 1. The third kappa shape index (κ3) is 3.79. The van der Waals surface area contributed by atoms with Gasteiger partial charge >= 0.3 is 0 Å². The molecule has 5 nitrogen and oxygen atoms in total. The molecule has 1 aromatic heterocycles. The molecular weight excluding hydrogens is 274 g/mol. The quantitative estimate of drug-likeness (QED) is 0.892. The number of thiazole rings is 1. The third-order valence-corrected chi connectivity index (χ3v) is 4.28. The summed E-state index contributed by atoms with van der Waals surface area (Å²) in [5, 5.41) is 5.80. The van der Waals surface area contributed by atoms with E-state index in [1.165, 1.54) is 0 Å². The van der Waals surface area contributed by atoms with Gasteiger partial charge < -0.3 is 10.2 Å². The molecule has 0 saturated carbocycles. The van der Waals surface area contributed by atoms with E-state index in [-0.39, 0.29) is 17.7 Å². The molecule has 1 saturated heterocycles. The van der Waals surface area contributed by atoms with Gasteiger partial charge in [-0.3, -0.25) is 9.59 Å². The minimum Gasteiger partial charge on any atom is -0.356 e. The van der Waals surface area contributed by atoms with Crippen LogP contribution in [0.5, 0.6) is 0 Å². The number of carbonyl (C=O) groups is 2. The first-order valence-electron chi connectivity index (χ1n) is 7.06. The fourth-order valence-electron chi connectivity index (χ4n) is 2.35. The van der Waals surface area contributed by atoms with Gasteiger partial charge in [-0.05, 0) is 19.8 Å².